The van der Waals surface area contributed by atoms with Gasteiger partial charge in [0.15, 0.2) is 11.5 Å². The first kappa shape index (κ1) is 11.6. The lowest BCUT2D eigenvalue weighted by Crippen LogP contribution is -2.40. The highest BCUT2D eigenvalue weighted by Crippen LogP contribution is 2.33. The topological polar surface area (TPSA) is 75.8 Å². The van der Waals surface area contributed by atoms with E-state index in [0.29, 0.717) is 5.75 Å². The second-order valence-electron chi connectivity index (χ2n) is 4.11. The molecule has 5 nitrogen and oxygen atoms in total. The first-order valence-corrected chi connectivity index (χ1v) is 5.56. The van der Waals surface area contributed by atoms with Gasteiger partial charge < -0.3 is 20.5 Å². The molecule has 1 aliphatic heterocycles. The van der Waals surface area contributed by atoms with Gasteiger partial charge in [0.25, 0.3) is 0 Å². The van der Waals surface area contributed by atoms with Crippen molar-refractivity contribution in [1.82, 2.24) is 0 Å². The molecule has 1 atom stereocenters. The van der Waals surface area contributed by atoms with Crippen LogP contribution in [-0.2, 0) is 4.79 Å². The molecular weight excluding hydrogens is 220 g/mol. The summed E-state index contributed by atoms with van der Waals surface area (Å²) in [5.74, 6) is 0.168. The quantitative estimate of drug-likeness (QED) is 0.816. The fraction of sp³-hybridized carbons (Fsp3) is 0.417. The van der Waals surface area contributed by atoms with Crippen LogP contribution in [0.4, 0.5) is 5.69 Å². The molecule has 1 aromatic rings. The van der Waals surface area contributed by atoms with E-state index >= 15 is 0 Å². The molecule has 92 valence electrons. The van der Waals surface area contributed by atoms with Crippen molar-refractivity contribution >= 4 is 11.6 Å². The molecule has 3 N–H and O–H groups in total. The fourth-order valence-electron chi connectivity index (χ4n) is 2.23. The van der Waals surface area contributed by atoms with Crippen LogP contribution < -0.4 is 15.4 Å². The van der Waals surface area contributed by atoms with E-state index in [-0.39, 0.29) is 17.7 Å². The van der Waals surface area contributed by atoms with Crippen molar-refractivity contribution in [3.63, 3.8) is 0 Å². The Morgan fingerprint density at radius 1 is 1.59 bits per heavy atom. The molecule has 0 spiro atoms. The summed E-state index contributed by atoms with van der Waals surface area (Å²) in [5, 5.41) is 9.71. The largest absolute Gasteiger partial charge is 0.504 e. The van der Waals surface area contributed by atoms with Gasteiger partial charge in [0.05, 0.1) is 7.11 Å². The lowest BCUT2D eigenvalue weighted by Gasteiger charge is -2.24. The maximum absolute atomic E-state index is 11.3. The molecule has 0 saturated carbocycles. The third-order valence-electron chi connectivity index (χ3n) is 3.08. The molecule has 1 fully saturated rings. The van der Waals surface area contributed by atoms with Crippen LogP contribution in [0.1, 0.15) is 12.8 Å². The minimum Gasteiger partial charge on any atom is -0.504 e. The van der Waals surface area contributed by atoms with E-state index in [4.69, 9.17) is 10.5 Å². The number of carbonyl (C=O) groups excluding carboxylic acids is 1. The number of carbonyl (C=O) groups is 1. The van der Waals surface area contributed by atoms with Gasteiger partial charge in [0, 0.05) is 18.3 Å². The molecule has 5 heteroatoms. The van der Waals surface area contributed by atoms with E-state index in [9.17, 15) is 9.90 Å². The van der Waals surface area contributed by atoms with E-state index < -0.39 is 0 Å². The Morgan fingerprint density at radius 2 is 2.35 bits per heavy atom. The number of methoxy groups -OCH3 is 1. The number of phenolic OH excluding ortho intramolecular Hbond substituents is 1. The highest BCUT2D eigenvalue weighted by Gasteiger charge is 2.29. The van der Waals surface area contributed by atoms with Crippen molar-refractivity contribution in [2.75, 3.05) is 18.6 Å². The minimum atomic E-state index is -0.321. The van der Waals surface area contributed by atoms with Gasteiger partial charge in [-0.15, -0.1) is 0 Å². The number of phenols is 1. The van der Waals surface area contributed by atoms with Gasteiger partial charge in [0.2, 0.25) is 5.91 Å². The van der Waals surface area contributed by atoms with Crippen LogP contribution in [0.5, 0.6) is 11.5 Å². The summed E-state index contributed by atoms with van der Waals surface area (Å²) in [7, 11) is 1.50. The first-order valence-electron chi connectivity index (χ1n) is 5.56. The van der Waals surface area contributed by atoms with E-state index in [1.54, 1.807) is 12.1 Å². The second kappa shape index (κ2) is 4.53. The number of primary amides is 1. The third kappa shape index (κ3) is 2.13. The molecule has 0 aliphatic carbocycles. The summed E-state index contributed by atoms with van der Waals surface area (Å²) in [6.45, 7) is 0.777. The van der Waals surface area contributed by atoms with Crippen molar-refractivity contribution in [2.45, 2.75) is 18.9 Å². The Labute approximate surface area is 99.8 Å². The van der Waals surface area contributed by atoms with E-state index in [1.807, 2.05) is 11.0 Å². The van der Waals surface area contributed by atoms with Crippen LogP contribution in [0, 0.1) is 0 Å². The average Bonchev–Trinajstić information content (AvgIpc) is 2.77. The smallest absolute Gasteiger partial charge is 0.240 e. The van der Waals surface area contributed by atoms with Crippen molar-refractivity contribution in [3.05, 3.63) is 18.2 Å². The van der Waals surface area contributed by atoms with Crippen molar-refractivity contribution in [1.29, 1.82) is 0 Å². The summed E-state index contributed by atoms with van der Waals surface area (Å²) in [6.07, 6.45) is 1.70. The molecule has 1 unspecified atom stereocenters. The van der Waals surface area contributed by atoms with Crippen LogP contribution in [0.2, 0.25) is 0 Å². The van der Waals surface area contributed by atoms with Crippen molar-refractivity contribution in [2.24, 2.45) is 5.73 Å². The highest BCUT2D eigenvalue weighted by atomic mass is 16.5. The number of hydrogen-bond acceptors (Lipinski definition) is 4. The van der Waals surface area contributed by atoms with Gasteiger partial charge >= 0.3 is 0 Å². The van der Waals surface area contributed by atoms with Gasteiger partial charge in [0.1, 0.15) is 6.04 Å². The predicted molar refractivity (Wildman–Crippen MR) is 64.2 cm³/mol. The Hall–Kier alpha value is -1.91. The molecular formula is C12H16N2O3. The molecule has 0 radical (unpaired) electrons. The number of nitrogens with two attached hydrogens (primary N) is 1. The summed E-state index contributed by atoms with van der Waals surface area (Å²) in [4.78, 5) is 13.2. The molecule has 17 heavy (non-hydrogen) atoms. The molecule has 1 aromatic carbocycles. The monoisotopic (exact) mass is 236 g/mol. The Kier molecular flexibility index (Phi) is 3.08. The molecule has 0 aromatic heterocycles. The van der Waals surface area contributed by atoms with Crippen molar-refractivity contribution in [3.8, 4) is 11.5 Å². The lowest BCUT2D eigenvalue weighted by molar-refractivity contribution is -0.119. The van der Waals surface area contributed by atoms with Crippen LogP contribution >= 0.6 is 0 Å². The van der Waals surface area contributed by atoms with Crippen LogP contribution in [0.25, 0.3) is 0 Å². The molecule has 1 aliphatic rings. The molecule has 0 bridgehead atoms. The first-order chi connectivity index (χ1) is 8.13. The zero-order valence-electron chi connectivity index (χ0n) is 9.72. The van der Waals surface area contributed by atoms with Gasteiger partial charge in [-0.2, -0.15) is 0 Å². The maximum atomic E-state index is 11.3. The van der Waals surface area contributed by atoms with Crippen LogP contribution in [0.15, 0.2) is 18.2 Å². The highest BCUT2D eigenvalue weighted by molar-refractivity contribution is 5.84. The SMILES string of the molecule is COc1ccc(N2CCCC2C(N)=O)cc1O. The molecule has 1 saturated heterocycles. The fourth-order valence-corrected chi connectivity index (χ4v) is 2.23. The van der Waals surface area contributed by atoms with Gasteiger partial charge in [-0.3, -0.25) is 4.79 Å². The predicted octanol–water partition coefficient (Wildman–Crippen LogP) is 0.855. The van der Waals surface area contributed by atoms with E-state index in [0.717, 1.165) is 25.1 Å². The normalized spacial score (nSPS) is 19.4. The Bertz CT molecular complexity index is 434. The number of amides is 1. The number of ether oxygens (including phenoxy) is 1. The molecule has 1 heterocycles. The number of benzene rings is 1. The van der Waals surface area contributed by atoms with E-state index in [2.05, 4.69) is 0 Å². The van der Waals surface area contributed by atoms with Gasteiger partial charge in [-0.05, 0) is 25.0 Å². The van der Waals surface area contributed by atoms with Gasteiger partial charge in [-0.25, -0.2) is 0 Å². The lowest BCUT2D eigenvalue weighted by atomic mass is 10.2. The average molecular weight is 236 g/mol. The van der Waals surface area contributed by atoms with E-state index in [1.165, 1.54) is 7.11 Å². The number of aromatic hydroxyl groups is 1. The van der Waals surface area contributed by atoms with Gasteiger partial charge in [-0.1, -0.05) is 0 Å². The number of anilines is 1. The summed E-state index contributed by atoms with van der Waals surface area (Å²) < 4.78 is 4.98. The minimum absolute atomic E-state index is 0.0696. The second-order valence-corrected chi connectivity index (χ2v) is 4.11. The standard InChI is InChI=1S/C12H16N2O3/c1-17-11-5-4-8(7-10(11)15)14-6-2-3-9(14)12(13)16/h4-5,7,9,15H,2-3,6H2,1H3,(H2,13,16). The van der Waals surface area contributed by atoms with Crippen molar-refractivity contribution < 1.29 is 14.6 Å². The van der Waals surface area contributed by atoms with Crippen LogP contribution in [-0.4, -0.2) is 30.7 Å². The zero-order valence-corrected chi connectivity index (χ0v) is 9.72. The number of nitrogens with zero attached hydrogens (tertiary/aromatic N) is 1. The third-order valence-corrected chi connectivity index (χ3v) is 3.08. The molecule has 2 rings (SSSR count). The Balaban J connectivity index is 2.27. The summed E-state index contributed by atoms with van der Waals surface area (Å²) in [6, 6.07) is 4.82. The maximum Gasteiger partial charge on any atom is 0.240 e. The number of rotatable bonds is 3. The number of hydrogen-bond donors (Lipinski definition) is 2. The summed E-state index contributed by atoms with van der Waals surface area (Å²) >= 11 is 0. The molecule has 1 amide bonds. The van der Waals surface area contributed by atoms with Crippen LogP contribution in [0.3, 0.4) is 0 Å². The summed E-state index contributed by atoms with van der Waals surface area (Å²) in [5.41, 5.74) is 6.15. The zero-order chi connectivity index (χ0) is 12.4. The Morgan fingerprint density at radius 3 is 2.94 bits per heavy atom.